The van der Waals surface area contributed by atoms with Crippen LogP contribution in [0.4, 0.5) is 5.69 Å². The lowest BCUT2D eigenvalue weighted by Crippen LogP contribution is -2.32. The number of hydrogen-bond acceptors (Lipinski definition) is 4. The van der Waals surface area contributed by atoms with Crippen molar-refractivity contribution in [2.24, 2.45) is 0 Å². The largest absolute Gasteiger partial charge is 0.399 e. The standard InChI is InChI=1S/C18H18ClN5O/c19-17-5-4-12(9-21-17)10-23-7-6-16-15(11-23)18(25)24(22-16)14-3-1-2-13(20)8-14/h1-5,8-9,22H,6-7,10-11,20H2. The highest BCUT2D eigenvalue weighted by atomic mass is 35.5. The number of nitrogen functional groups attached to an aromatic ring is 1. The Bertz CT molecular complexity index is 960. The highest BCUT2D eigenvalue weighted by Gasteiger charge is 2.23. The van der Waals surface area contributed by atoms with Gasteiger partial charge in [0.05, 0.1) is 11.3 Å². The van der Waals surface area contributed by atoms with E-state index in [4.69, 9.17) is 17.3 Å². The van der Waals surface area contributed by atoms with Crippen LogP contribution in [-0.4, -0.2) is 26.2 Å². The molecule has 25 heavy (non-hydrogen) atoms. The number of nitrogens with zero attached hydrogens (tertiary/aromatic N) is 3. The van der Waals surface area contributed by atoms with Crippen molar-refractivity contribution < 1.29 is 0 Å². The molecule has 128 valence electrons. The normalized spacial score (nSPS) is 14.4. The fraction of sp³-hybridized carbons (Fsp3) is 0.222. The Kier molecular flexibility index (Phi) is 4.07. The third-order valence-corrected chi connectivity index (χ3v) is 4.68. The van der Waals surface area contributed by atoms with Crippen LogP contribution < -0.4 is 11.3 Å². The molecule has 2 aromatic heterocycles. The van der Waals surface area contributed by atoms with E-state index in [0.29, 0.717) is 17.4 Å². The number of H-pyrrole nitrogens is 1. The van der Waals surface area contributed by atoms with E-state index >= 15 is 0 Å². The third-order valence-electron chi connectivity index (χ3n) is 4.46. The van der Waals surface area contributed by atoms with Gasteiger partial charge in [0.15, 0.2) is 0 Å². The average Bonchev–Trinajstić information content (AvgIpc) is 2.94. The first kappa shape index (κ1) is 15.9. The van der Waals surface area contributed by atoms with Gasteiger partial charge >= 0.3 is 0 Å². The number of halogens is 1. The number of aromatic amines is 1. The maximum atomic E-state index is 12.8. The predicted octanol–water partition coefficient (Wildman–Crippen LogP) is 2.35. The van der Waals surface area contributed by atoms with E-state index in [1.807, 2.05) is 18.2 Å². The minimum Gasteiger partial charge on any atom is -0.399 e. The summed E-state index contributed by atoms with van der Waals surface area (Å²) in [5.41, 5.74) is 10.1. The molecule has 1 aromatic carbocycles. The Morgan fingerprint density at radius 2 is 2.16 bits per heavy atom. The molecule has 0 atom stereocenters. The summed E-state index contributed by atoms with van der Waals surface area (Å²) in [6.07, 6.45) is 2.58. The Hall–Kier alpha value is -2.57. The summed E-state index contributed by atoms with van der Waals surface area (Å²) in [5, 5.41) is 3.72. The van der Waals surface area contributed by atoms with Gasteiger partial charge in [-0.1, -0.05) is 23.7 Å². The van der Waals surface area contributed by atoms with Crippen molar-refractivity contribution in [3.63, 3.8) is 0 Å². The predicted molar refractivity (Wildman–Crippen MR) is 97.9 cm³/mol. The zero-order valence-corrected chi connectivity index (χ0v) is 14.3. The smallest absolute Gasteiger partial charge is 0.275 e. The highest BCUT2D eigenvalue weighted by molar-refractivity contribution is 6.29. The van der Waals surface area contributed by atoms with Gasteiger partial charge in [-0.2, -0.15) is 0 Å². The van der Waals surface area contributed by atoms with E-state index < -0.39 is 0 Å². The van der Waals surface area contributed by atoms with E-state index in [9.17, 15) is 4.79 Å². The maximum absolute atomic E-state index is 12.8. The van der Waals surface area contributed by atoms with E-state index in [-0.39, 0.29) is 5.56 Å². The van der Waals surface area contributed by atoms with Crippen LogP contribution in [-0.2, 0) is 19.5 Å². The van der Waals surface area contributed by atoms with Gasteiger partial charge in [0.2, 0.25) is 0 Å². The van der Waals surface area contributed by atoms with Crippen LogP contribution in [0, 0.1) is 0 Å². The molecule has 0 amide bonds. The number of benzene rings is 1. The van der Waals surface area contributed by atoms with Gasteiger partial charge in [0, 0.05) is 43.6 Å². The van der Waals surface area contributed by atoms with Crippen LogP contribution >= 0.6 is 11.6 Å². The lowest BCUT2D eigenvalue weighted by Gasteiger charge is -2.25. The molecule has 4 rings (SSSR count). The van der Waals surface area contributed by atoms with Gasteiger partial charge in [-0.15, -0.1) is 0 Å². The summed E-state index contributed by atoms with van der Waals surface area (Å²) in [5.74, 6) is 0. The number of hydrogen-bond donors (Lipinski definition) is 2. The van der Waals surface area contributed by atoms with Crippen molar-refractivity contribution in [2.75, 3.05) is 12.3 Å². The molecule has 0 spiro atoms. The number of nitrogens with two attached hydrogens (primary N) is 1. The molecule has 3 aromatic rings. The summed E-state index contributed by atoms with van der Waals surface area (Å²) in [4.78, 5) is 19.2. The zero-order valence-electron chi connectivity index (χ0n) is 13.6. The molecule has 3 heterocycles. The Labute approximate surface area is 149 Å². The molecule has 0 radical (unpaired) electrons. The monoisotopic (exact) mass is 355 g/mol. The number of rotatable bonds is 3. The van der Waals surface area contributed by atoms with E-state index in [1.165, 1.54) is 0 Å². The van der Waals surface area contributed by atoms with Crippen molar-refractivity contribution in [3.8, 4) is 5.69 Å². The molecule has 0 fully saturated rings. The first-order chi connectivity index (χ1) is 12.1. The second-order valence-electron chi connectivity index (χ2n) is 6.25. The summed E-state index contributed by atoms with van der Waals surface area (Å²) in [6, 6.07) is 11.1. The van der Waals surface area contributed by atoms with Crippen LogP contribution in [0.15, 0.2) is 47.4 Å². The summed E-state index contributed by atoms with van der Waals surface area (Å²) in [6.45, 7) is 2.24. The quantitative estimate of drug-likeness (QED) is 0.558. The first-order valence-electron chi connectivity index (χ1n) is 8.11. The fourth-order valence-electron chi connectivity index (χ4n) is 3.20. The number of fused-ring (bicyclic) bond motifs is 1. The molecule has 0 bridgehead atoms. The Morgan fingerprint density at radius 3 is 2.92 bits per heavy atom. The minimum atomic E-state index is -0.0143. The molecule has 3 N–H and O–H groups in total. The second-order valence-corrected chi connectivity index (χ2v) is 6.64. The molecule has 0 saturated heterocycles. The fourth-order valence-corrected chi connectivity index (χ4v) is 3.31. The van der Waals surface area contributed by atoms with E-state index in [2.05, 4.69) is 15.0 Å². The average molecular weight is 356 g/mol. The van der Waals surface area contributed by atoms with Crippen LogP contribution in [0.1, 0.15) is 16.8 Å². The van der Waals surface area contributed by atoms with Gasteiger partial charge < -0.3 is 5.73 Å². The summed E-state index contributed by atoms with van der Waals surface area (Å²) >= 11 is 5.83. The molecule has 1 aliphatic heterocycles. The van der Waals surface area contributed by atoms with Gasteiger partial charge in [-0.05, 0) is 29.8 Å². The van der Waals surface area contributed by atoms with E-state index in [1.54, 1.807) is 29.1 Å². The third kappa shape index (κ3) is 3.18. The maximum Gasteiger partial charge on any atom is 0.275 e. The Morgan fingerprint density at radius 1 is 1.28 bits per heavy atom. The molecule has 1 aliphatic rings. The van der Waals surface area contributed by atoms with Crippen LogP contribution in [0.5, 0.6) is 0 Å². The minimum absolute atomic E-state index is 0.0143. The van der Waals surface area contributed by atoms with Crippen molar-refractivity contribution in [2.45, 2.75) is 19.5 Å². The van der Waals surface area contributed by atoms with Crippen molar-refractivity contribution in [1.29, 1.82) is 0 Å². The van der Waals surface area contributed by atoms with Gasteiger partial charge in [-0.3, -0.25) is 14.8 Å². The van der Waals surface area contributed by atoms with Crippen LogP contribution in [0.25, 0.3) is 5.69 Å². The molecule has 0 saturated carbocycles. The second kappa shape index (κ2) is 6.38. The zero-order chi connectivity index (χ0) is 17.4. The van der Waals surface area contributed by atoms with Crippen molar-refractivity contribution >= 4 is 17.3 Å². The SMILES string of the molecule is Nc1cccc(-n2[nH]c3c(c2=O)CN(Cc2ccc(Cl)nc2)CC3)c1. The lowest BCUT2D eigenvalue weighted by molar-refractivity contribution is 0.244. The summed E-state index contributed by atoms with van der Waals surface area (Å²) < 4.78 is 1.58. The highest BCUT2D eigenvalue weighted by Crippen LogP contribution is 2.19. The Balaban J connectivity index is 1.59. The number of aromatic nitrogens is 3. The van der Waals surface area contributed by atoms with Crippen molar-refractivity contribution in [3.05, 3.63) is 74.9 Å². The van der Waals surface area contributed by atoms with Gasteiger partial charge in [-0.25, -0.2) is 9.67 Å². The van der Waals surface area contributed by atoms with Crippen LogP contribution in [0.3, 0.4) is 0 Å². The molecule has 6 nitrogen and oxygen atoms in total. The number of pyridine rings is 1. The molecule has 0 aliphatic carbocycles. The van der Waals surface area contributed by atoms with Crippen LogP contribution in [0.2, 0.25) is 5.15 Å². The molecular formula is C18H18ClN5O. The number of anilines is 1. The van der Waals surface area contributed by atoms with Gasteiger partial charge in [0.1, 0.15) is 5.15 Å². The molecular weight excluding hydrogens is 338 g/mol. The van der Waals surface area contributed by atoms with Gasteiger partial charge in [0.25, 0.3) is 5.56 Å². The molecule has 7 heteroatoms. The first-order valence-corrected chi connectivity index (χ1v) is 8.49. The number of nitrogens with one attached hydrogen (secondary N) is 1. The topological polar surface area (TPSA) is 79.9 Å². The molecule has 0 unspecified atom stereocenters. The van der Waals surface area contributed by atoms with E-state index in [0.717, 1.165) is 42.0 Å². The van der Waals surface area contributed by atoms with Crippen molar-refractivity contribution in [1.82, 2.24) is 19.7 Å². The lowest BCUT2D eigenvalue weighted by atomic mass is 10.1. The summed E-state index contributed by atoms with van der Waals surface area (Å²) in [7, 11) is 0.